The second-order valence-corrected chi connectivity index (χ2v) is 6.64. The zero-order valence-corrected chi connectivity index (χ0v) is 14.7. The summed E-state index contributed by atoms with van der Waals surface area (Å²) in [6, 6.07) is 7.36. The average molecular weight is 357 g/mol. The van der Waals surface area contributed by atoms with Gasteiger partial charge in [0.2, 0.25) is 0 Å². The molecule has 7 nitrogen and oxygen atoms in total. The van der Waals surface area contributed by atoms with Crippen LogP contribution in [0.4, 0.5) is 0 Å². The molecule has 2 aromatic heterocycles. The number of aromatic nitrogens is 5. The number of aromatic amines is 1. The maximum absolute atomic E-state index is 13.0. The van der Waals surface area contributed by atoms with Crippen LogP contribution in [0.1, 0.15) is 34.2 Å². The number of nitrogens with one attached hydrogen (secondary N) is 1. The van der Waals surface area contributed by atoms with Gasteiger partial charge in [-0.1, -0.05) is 28.9 Å². The number of nitrogens with zero attached hydrogens (tertiary/aromatic N) is 5. The molecule has 0 saturated carbocycles. The fourth-order valence-corrected chi connectivity index (χ4v) is 3.37. The molecule has 0 saturated heterocycles. The lowest BCUT2D eigenvalue weighted by Crippen LogP contribution is -2.43. The standard InChI is InChI=1S/C17H17ClN6O/c1-10-4-3-5-12(16(10)18)17(25)23-9-13-14(8-11(23)2)24(22-20-13)15-6-7-19-21-15/h3-7,11H,8-9H2,1-2H3,(H,19,21)/t11-/m1/s1. The van der Waals surface area contributed by atoms with Crippen molar-refractivity contribution in [2.45, 2.75) is 32.9 Å². The highest BCUT2D eigenvalue weighted by molar-refractivity contribution is 6.34. The summed E-state index contributed by atoms with van der Waals surface area (Å²) in [4.78, 5) is 14.8. The third-order valence-electron chi connectivity index (χ3n) is 4.58. The largest absolute Gasteiger partial charge is 0.329 e. The highest BCUT2D eigenvalue weighted by atomic mass is 35.5. The molecule has 1 aromatic carbocycles. The number of carbonyl (C=O) groups is 1. The van der Waals surface area contributed by atoms with Gasteiger partial charge in [-0.05, 0) is 25.5 Å². The van der Waals surface area contributed by atoms with Crippen molar-refractivity contribution in [3.63, 3.8) is 0 Å². The summed E-state index contributed by atoms with van der Waals surface area (Å²) in [6.45, 7) is 4.33. The molecular formula is C17H17ClN6O. The van der Waals surface area contributed by atoms with E-state index in [-0.39, 0.29) is 11.9 Å². The van der Waals surface area contributed by atoms with Crippen molar-refractivity contribution in [2.24, 2.45) is 0 Å². The van der Waals surface area contributed by atoms with Crippen LogP contribution < -0.4 is 0 Å². The number of H-pyrrole nitrogens is 1. The Balaban J connectivity index is 1.66. The number of amides is 1. The van der Waals surface area contributed by atoms with E-state index < -0.39 is 0 Å². The Hall–Kier alpha value is -2.67. The minimum Gasteiger partial charge on any atom is -0.329 e. The molecule has 0 unspecified atom stereocenters. The van der Waals surface area contributed by atoms with Crippen LogP contribution in [-0.2, 0) is 13.0 Å². The van der Waals surface area contributed by atoms with Crippen LogP contribution in [0.25, 0.3) is 5.82 Å². The van der Waals surface area contributed by atoms with Gasteiger partial charge in [-0.3, -0.25) is 9.89 Å². The molecule has 0 fully saturated rings. The predicted molar refractivity (Wildman–Crippen MR) is 92.7 cm³/mol. The highest BCUT2D eigenvalue weighted by Gasteiger charge is 2.32. The van der Waals surface area contributed by atoms with E-state index in [1.807, 2.05) is 32.0 Å². The normalized spacial score (nSPS) is 16.8. The molecule has 1 aliphatic rings. The first-order valence-corrected chi connectivity index (χ1v) is 8.43. The topological polar surface area (TPSA) is 79.7 Å². The minimum atomic E-state index is -0.0806. The summed E-state index contributed by atoms with van der Waals surface area (Å²) in [5.41, 5.74) is 3.21. The fraction of sp³-hybridized carbons (Fsp3) is 0.294. The number of carbonyl (C=O) groups excluding carboxylic acids is 1. The number of halogens is 1. The van der Waals surface area contributed by atoms with E-state index in [0.29, 0.717) is 23.6 Å². The quantitative estimate of drug-likeness (QED) is 0.765. The van der Waals surface area contributed by atoms with E-state index in [0.717, 1.165) is 22.8 Å². The lowest BCUT2D eigenvalue weighted by atomic mass is 10.0. The Labute approximate surface area is 149 Å². The van der Waals surface area contributed by atoms with Crippen molar-refractivity contribution < 1.29 is 4.79 Å². The Morgan fingerprint density at radius 2 is 2.20 bits per heavy atom. The summed E-state index contributed by atoms with van der Waals surface area (Å²) in [5.74, 6) is 0.686. The number of hydrogen-bond donors (Lipinski definition) is 1. The first-order chi connectivity index (χ1) is 12.1. The van der Waals surface area contributed by atoms with Gasteiger partial charge in [-0.15, -0.1) is 5.10 Å². The van der Waals surface area contributed by atoms with E-state index >= 15 is 0 Å². The molecule has 3 aromatic rings. The van der Waals surface area contributed by atoms with Crippen molar-refractivity contribution >= 4 is 17.5 Å². The van der Waals surface area contributed by atoms with E-state index in [9.17, 15) is 4.79 Å². The van der Waals surface area contributed by atoms with Gasteiger partial charge >= 0.3 is 0 Å². The Morgan fingerprint density at radius 1 is 1.36 bits per heavy atom. The molecule has 0 bridgehead atoms. The van der Waals surface area contributed by atoms with Crippen molar-refractivity contribution in [1.29, 1.82) is 0 Å². The molecule has 128 valence electrons. The molecular weight excluding hydrogens is 340 g/mol. The van der Waals surface area contributed by atoms with E-state index in [1.54, 1.807) is 21.8 Å². The van der Waals surface area contributed by atoms with E-state index in [4.69, 9.17) is 11.6 Å². The molecule has 0 radical (unpaired) electrons. The number of rotatable bonds is 2. The molecule has 1 N–H and O–H groups in total. The monoisotopic (exact) mass is 356 g/mol. The van der Waals surface area contributed by atoms with Crippen molar-refractivity contribution in [3.05, 3.63) is 58.0 Å². The molecule has 1 aliphatic heterocycles. The van der Waals surface area contributed by atoms with Crippen LogP contribution in [0.2, 0.25) is 5.02 Å². The Bertz CT molecular complexity index is 933. The summed E-state index contributed by atoms with van der Waals surface area (Å²) >= 11 is 6.34. The summed E-state index contributed by atoms with van der Waals surface area (Å²) in [7, 11) is 0. The van der Waals surface area contributed by atoms with Crippen LogP contribution in [-0.4, -0.2) is 42.0 Å². The smallest absolute Gasteiger partial charge is 0.255 e. The molecule has 0 spiro atoms. The van der Waals surface area contributed by atoms with Crippen LogP contribution in [0.15, 0.2) is 30.5 Å². The third kappa shape index (κ3) is 2.60. The first-order valence-electron chi connectivity index (χ1n) is 8.05. The van der Waals surface area contributed by atoms with Gasteiger partial charge in [0.1, 0.15) is 5.69 Å². The predicted octanol–water partition coefficient (Wildman–Crippen LogP) is 2.54. The lowest BCUT2D eigenvalue weighted by molar-refractivity contribution is 0.0653. The summed E-state index contributed by atoms with van der Waals surface area (Å²) < 4.78 is 1.75. The maximum Gasteiger partial charge on any atom is 0.255 e. The number of aryl methyl sites for hydroxylation is 1. The number of benzene rings is 1. The van der Waals surface area contributed by atoms with Gasteiger partial charge < -0.3 is 4.90 Å². The third-order valence-corrected chi connectivity index (χ3v) is 5.08. The molecule has 0 aliphatic carbocycles. The first kappa shape index (κ1) is 15.8. The van der Waals surface area contributed by atoms with Crippen LogP contribution in [0.3, 0.4) is 0 Å². The minimum absolute atomic E-state index is 0.0109. The van der Waals surface area contributed by atoms with Crippen LogP contribution >= 0.6 is 11.6 Å². The second-order valence-electron chi connectivity index (χ2n) is 6.26. The van der Waals surface area contributed by atoms with Crippen molar-refractivity contribution in [3.8, 4) is 5.82 Å². The average Bonchev–Trinajstić information content (AvgIpc) is 3.25. The van der Waals surface area contributed by atoms with E-state index in [2.05, 4.69) is 20.5 Å². The lowest BCUT2D eigenvalue weighted by Gasteiger charge is -2.33. The van der Waals surface area contributed by atoms with Crippen molar-refractivity contribution in [1.82, 2.24) is 30.1 Å². The van der Waals surface area contributed by atoms with Gasteiger partial charge in [-0.2, -0.15) is 9.78 Å². The molecule has 1 amide bonds. The van der Waals surface area contributed by atoms with E-state index in [1.165, 1.54) is 0 Å². The van der Waals surface area contributed by atoms with Crippen molar-refractivity contribution in [2.75, 3.05) is 0 Å². The second kappa shape index (κ2) is 6.00. The zero-order chi connectivity index (χ0) is 17.6. The van der Waals surface area contributed by atoms with Gasteiger partial charge in [0.05, 0.1) is 29.0 Å². The van der Waals surface area contributed by atoms with Crippen LogP contribution in [0, 0.1) is 6.92 Å². The fourth-order valence-electron chi connectivity index (χ4n) is 3.17. The molecule has 4 rings (SSSR count). The van der Waals surface area contributed by atoms with Gasteiger partial charge in [0.15, 0.2) is 5.82 Å². The Kier molecular flexibility index (Phi) is 3.80. The number of hydrogen-bond acceptors (Lipinski definition) is 4. The molecule has 3 heterocycles. The molecule has 8 heteroatoms. The van der Waals surface area contributed by atoms with Gasteiger partial charge in [0, 0.05) is 18.5 Å². The van der Waals surface area contributed by atoms with Gasteiger partial charge in [-0.25, -0.2) is 0 Å². The SMILES string of the molecule is Cc1cccc(C(=O)N2Cc3nnn(-c4ccn[nH]4)c3C[C@H]2C)c1Cl. The van der Waals surface area contributed by atoms with Crippen LogP contribution in [0.5, 0.6) is 0 Å². The molecule has 25 heavy (non-hydrogen) atoms. The summed E-state index contributed by atoms with van der Waals surface area (Å²) in [6.07, 6.45) is 2.34. The van der Waals surface area contributed by atoms with Gasteiger partial charge in [0.25, 0.3) is 5.91 Å². The Morgan fingerprint density at radius 3 is 2.96 bits per heavy atom. The molecule has 1 atom stereocenters. The number of fused-ring (bicyclic) bond motifs is 1. The maximum atomic E-state index is 13.0. The highest BCUT2D eigenvalue weighted by Crippen LogP contribution is 2.28. The zero-order valence-electron chi connectivity index (χ0n) is 13.9. The summed E-state index contributed by atoms with van der Waals surface area (Å²) in [5, 5.41) is 15.8.